The lowest BCUT2D eigenvalue weighted by atomic mass is 9.96. The molecule has 0 atom stereocenters. The van der Waals surface area contributed by atoms with E-state index >= 15 is 0 Å². The van der Waals surface area contributed by atoms with Crippen LogP contribution in [0.1, 0.15) is 30.4 Å². The van der Waals surface area contributed by atoms with Crippen LogP contribution in [0.3, 0.4) is 0 Å². The first kappa shape index (κ1) is 17.1. The maximum atomic E-state index is 13.0. The number of benzene rings is 2. The van der Waals surface area contributed by atoms with E-state index in [-0.39, 0.29) is 17.0 Å². The second-order valence-electron chi connectivity index (χ2n) is 6.52. The first-order chi connectivity index (χ1) is 11.5. The van der Waals surface area contributed by atoms with Crippen LogP contribution in [0.15, 0.2) is 54.6 Å². The summed E-state index contributed by atoms with van der Waals surface area (Å²) in [7, 11) is -3.29. The van der Waals surface area contributed by atoms with Crippen molar-refractivity contribution >= 4 is 10.0 Å². The summed E-state index contributed by atoms with van der Waals surface area (Å²) in [5, 5.41) is 0. The Bertz CT molecular complexity index is 769. The molecule has 0 spiro atoms. The Kier molecular flexibility index (Phi) is 5.01. The van der Waals surface area contributed by atoms with Gasteiger partial charge in [-0.1, -0.05) is 42.5 Å². The van der Waals surface area contributed by atoms with E-state index in [1.807, 2.05) is 30.3 Å². The fourth-order valence-electron chi connectivity index (χ4n) is 2.95. The highest BCUT2D eigenvalue weighted by Crippen LogP contribution is 2.47. The normalized spacial score (nSPS) is 16.0. The number of hydrogen-bond acceptors (Lipinski definition) is 2. The SMILES string of the molecule is O=S(=O)(CCCc1ccccc1)NCC1(c2ccc(F)cc2)CC1. The van der Waals surface area contributed by atoms with E-state index in [9.17, 15) is 12.8 Å². The molecule has 0 unspecified atom stereocenters. The Morgan fingerprint density at radius 3 is 2.29 bits per heavy atom. The van der Waals surface area contributed by atoms with Crippen LogP contribution in [-0.2, 0) is 21.9 Å². The molecule has 0 heterocycles. The van der Waals surface area contributed by atoms with Crippen molar-refractivity contribution in [2.24, 2.45) is 0 Å². The molecular weight excluding hydrogens is 325 g/mol. The third-order valence-electron chi connectivity index (χ3n) is 4.66. The summed E-state index contributed by atoms with van der Waals surface area (Å²) in [4.78, 5) is 0. The zero-order valence-electron chi connectivity index (χ0n) is 13.5. The van der Waals surface area contributed by atoms with Gasteiger partial charge in [0, 0.05) is 12.0 Å². The van der Waals surface area contributed by atoms with E-state index in [4.69, 9.17) is 0 Å². The maximum Gasteiger partial charge on any atom is 0.211 e. The average molecular weight is 347 g/mol. The van der Waals surface area contributed by atoms with E-state index in [1.165, 1.54) is 12.1 Å². The van der Waals surface area contributed by atoms with Gasteiger partial charge >= 0.3 is 0 Å². The summed E-state index contributed by atoms with van der Waals surface area (Å²) < 4.78 is 40.2. The summed E-state index contributed by atoms with van der Waals surface area (Å²) in [5.74, 6) is -0.141. The van der Waals surface area contributed by atoms with Crippen LogP contribution in [0.4, 0.5) is 4.39 Å². The Labute approximate surface area is 143 Å². The molecule has 1 aliphatic carbocycles. The van der Waals surface area contributed by atoms with Crippen LogP contribution in [0, 0.1) is 5.82 Å². The van der Waals surface area contributed by atoms with Crippen molar-refractivity contribution in [3.8, 4) is 0 Å². The Balaban J connectivity index is 1.51. The van der Waals surface area contributed by atoms with Crippen LogP contribution in [-0.4, -0.2) is 20.7 Å². The molecule has 0 aliphatic heterocycles. The molecule has 1 N–H and O–H groups in total. The molecule has 5 heteroatoms. The molecule has 24 heavy (non-hydrogen) atoms. The minimum atomic E-state index is -3.29. The summed E-state index contributed by atoms with van der Waals surface area (Å²) in [6.07, 6.45) is 3.23. The summed E-state index contributed by atoms with van der Waals surface area (Å²) in [5.41, 5.74) is 2.01. The lowest BCUT2D eigenvalue weighted by Gasteiger charge is -2.17. The third kappa shape index (κ3) is 4.42. The van der Waals surface area contributed by atoms with Crippen LogP contribution >= 0.6 is 0 Å². The lowest BCUT2D eigenvalue weighted by molar-refractivity contribution is 0.564. The van der Waals surface area contributed by atoms with Crippen LogP contribution in [0.5, 0.6) is 0 Å². The molecular formula is C19H22FNO2S. The van der Waals surface area contributed by atoms with Gasteiger partial charge in [0.25, 0.3) is 0 Å². The first-order valence-electron chi connectivity index (χ1n) is 8.26. The van der Waals surface area contributed by atoms with Crippen molar-refractivity contribution in [3.05, 3.63) is 71.5 Å². The minimum absolute atomic E-state index is 0.126. The highest BCUT2D eigenvalue weighted by Gasteiger charge is 2.44. The van der Waals surface area contributed by atoms with Crippen LogP contribution in [0.25, 0.3) is 0 Å². The first-order valence-corrected chi connectivity index (χ1v) is 9.92. The van der Waals surface area contributed by atoms with E-state index in [2.05, 4.69) is 4.72 Å². The molecule has 0 bridgehead atoms. The van der Waals surface area contributed by atoms with E-state index < -0.39 is 10.0 Å². The molecule has 128 valence electrons. The van der Waals surface area contributed by atoms with Gasteiger partial charge in [0.1, 0.15) is 5.82 Å². The van der Waals surface area contributed by atoms with Crippen molar-refractivity contribution in [1.29, 1.82) is 0 Å². The lowest BCUT2D eigenvalue weighted by Crippen LogP contribution is -2.34. The number of sulfonamides is 1. The zero-order chi connectivity index (χ0) is 17.0. The quantitative estimate of drug-likeness (QED) is 0.795. The monoisotopic (exact) mass is 347 g/mol. The van der Waals surface area contributed by atoms with E-state index in [0.717, 1.165) is 30.4 Å². The van der Waals surface area contributed by atoms with Crippen molar-refractivity contribution in [2.45, 2.75) is 31.1 Å². The number of nitrogens with one attached hydrogen (secondary N) is 1. The number of rotatable bonds is 8. The molecule has 2 aromatic carbocycles. The largest absolute Gasteiger partial charge is 0.214 e. The average Bonchev–Trinajstić information content (AvgIpc) is 3.36. The summed E-state index contributed by atoms with van der Waals surface area (Å²) in [6, 6.07) is 16.3. The predicted molar refractivity (Wildman–Crippen MR) is 93.9 cm³/mol. The van der Waals surface area contributed by atoms with E-state index in [1.54, 1.807) is 12.1 Å². The number of halogens is 1. The smallest absolute Gasteiger partial charge is 0.211 e. The fourth-order valence-corrected chi connectivity index (χ4v) is 4.12. The van der Waals surface area contributed by atoms with Crippen molar-refractivity contribution in [1.82, 2.24) is 4.72 Å². The van der Waals surface area contributed by atoms with Crippen molar-refractivity contribution < 1.29 is 12.8 Å². The maximum absolute atomic E-state index is 13.0. The molecule has 0 amide bonds. The Morgan fingerprint density at radius 2 is 1.67 bits per heavy atom. The summed E-state index contributed by atoms with van der Waals surface area (Å²) in [6.45, 7) is 0.395. The van der Waals surface area contributed by atoms with Gasteiger partial charge in [0.05, 0.1) is 5.75 Å². The number of hydrogen-bond donors (Lipinski definition) is 1. The van der Waals surface area contributed by atoms with Crippen molar-refractivity contribution in [2.75, 3.05) is 12.3 Å². The third-order valence-corrected chi connectivity index (χ3v) is 6.07. The van der Waals surface area contributed by atoms with Gasteiger partial charge in [-0.05, 0) is 48.9 Å². The predicted octanol–water partition coefficient (Wildman–Crippen LogP) is 3.41. The van der Waals surface area contributed by atoms with Gasteiger partial charge in [-0.3, -0.25) is 0 Å². The Hall–Kier alpha value is -1.72. The molecule has 0 aromatic heterocycles. The van der Waals surface area contributed by atoms with Gasteiger partial charge in [0.15, 0.2) is 0 Å². The zero-order valence-corrected chi connectivity index (χ0v) is 14.4. The highest BCUT2D eigenvalue weighted by molar-refractivity contribution is 7.89. The highest BCUT2D eigenvalue weighted by atomic mass is 32.2. The van der Waals surface area contributed by atoms with Gasteiger partial charge < -0.3 is 0 Å². The molecule has 0 radical (unpaired) electrons. The fraction of sp³-hybridized carbons (Fsp3) is 0.368. The minimum Gasteiger partial charge on any atom is -0.214 e. The van der Waals surface area contributed by atoms with Gasteiger partial charge in [0.2, 0.25) is 10.0 Å². The molecule has 3 rings (SSSR count). The molecule has 1 saturated carbocycles. The molecule has 2 aromatic rings. The summed E-state index contributed by atoms with van der Waals surface area (Å²) >= 11 is 0. The topological polar surface area (TPSA) is 46.2 Å². The second kappa shape index (κ2) is 7.03. The second-order valence-corrected chi connectivity index (χ2v) is 8.44. The standard InChI is InChI=1S/C19H22FNO2S/c20-18-10-8-17(9-11-18)19(12-13-19)15-21-24(22,23)14-4-7-16-5-2-1-3-6-16/h1-3,5-6,8-11,21H,4,7,12-15H2. The molecule has 1 aliphatic rings. The Morgan fingerprint density at radius 1 is 1.00 bits per heavy atom. The molecule has 1 fully saturated rings. The van der Waals surface area contributed by atoms with Gasteiger partial charge in [-0.25, -0.2) is 17.5 Å². The van der Waals surface area contributed by atoms with Crippen LogP contribution < -0.4 is 4.72 Å². The van der Waals surface area contributed by atoms with Gasteiger partial charge in [-0.15, -0.1) is 0 Å². The molecule has 0 saturated heterocycles. The van der Waals surface area contributed by atoms with Gasteiger partial charge in [-0.2, -0.15) is 0 Å². The van der Waals surface area contributed by atoms with Crippen LogP contribution in [0.2, 0.25) is 0 Å². The molecule has 3 nitrogen and oxygen atoms in total. The van der Waals surface area contributed by atoms with E-state index in [0.29, 0.717) is 13.0 Å². The van der Waals surface area contributed by atoms with Crippen molar-refractivity contribution in [3.63, 3.8) is 0 Å². The number of aryl methyl sites for hydroxylation is 1.